The van der Waals surface area contributed by atoms with Gasteiger partial charge in [-0.15, -0.1) is 0 Å². The predicted octanol–water partition coefficient (Wildman–Crippen LogP) is 0.144. The first kappa shape index (κ1) is 12.8. The molecule has 6 heteroatoms. The van der Waals surface area contributed by atoms with Gasteiger partial charge in [0.2, 0.25) is 5.91 Å². The van der Waals surface area contributed by atoms with Gasteiger partial charge in [-0.05, 0) is 17.7 Å². The maximum atomic E-state index is 11.3. The molecule has 1 rings (SSSR count). The van der Waals surface area contributed by atoms with Crippen LogP contribution in [0.5, 0.6) is 11.5 Å². The summed E-state index contributed by atoms with van der Waals surface area (Å²) in [6.07, 6.45) is 0.00480. The Morgan fingerprint density at radius 2 is 2.12 bits per heavy atom. The van der Waals surface area contributed by atoms with Crippen LogP contribution in [-0.2, 0) is 16.0 Å². The van der Waals surface area contributed by atoms with E-state index in [1.54, 1.807) is 6.07 Å². The zero-order valence-electron chi connectivity index (χ0n) is 9.27. The third kappa shape index (κ3) is 4.02. The van der Waals surface area contributed by atoms with Gasteiger partial charge in [-0.2, -0.15) is 0 Å². The molecule has 0 fully saturated rings. The molecule has 0 unspecified atom stereocenters. The van der Waals surface area contributed by atoms with Crippen LogP contribution in [0.1, 0.15) is 5.56 Å². The maximum Gasteiger partial charge on any atom is 0.322 e. The standard InChI is InChI=1S/C11H13NO5/c1-17-9-3-2-7(4-8(9)13)5-10(14)12-6-11(15)16/h2-4,13H,5-6H2,1H3,(H,12,14)(H,15,16). The van der Waals surface area contributed by atoms with Crippen molar-refractivity contribution in [3.63, 3.8) is 0 Å². The first-order chi connectivity index (χ1) is 8.02. The van der Waals surface area contributed by atoms with Gasteiger partial charge in [-0.3, -0.25) is 9.59 Å². The zero-order valence-corrected chi connectivity index (χ0v) is 9.27. The lowest BCUT2D eigenvalue weighted by atomic mass is 10.1. The summed E-state index contributed by atoms with van der Waals surface area (Å²) in [5.41, 5.74) is 0.575. The third-order valence-electron chi connectivity index (χ3n) is 2.04. The van der Waals surface area contributed by atoms with Crippen molar-refractivity contribution >= 4 is 11.9 Å². The van der Waals surface area contributed by atoms with Crippen molar-refractivity contribution in [2.75, 3.05) is 13.7 Å². The number of rotatable bonds is 5. The molecule has 17 heavy (non-hydrogen) atoms. The molecular formula is C11H13NO5. The van der Waals surface area contributed by atoms with Crippen molar-refractivity contribution < 1.29 is 24.5 Å². The molecule has 0 bridgehead atoms. The van der Waals surface area contributed by atoms with E-state index < -0.39 is 18.4 Å². The second-order valence-corrected chi connectivity index (χ2v) is 3.35. The average Bonchev–Trinajstić information content (AvgIpc) is 2.26. The van der Waals surface area contributed by atoms with E-state index in [4.69, 9.17) is 9.84 Å². The molecule has 0 spiro atoms. The molecule has 0 aromatic heterocycles. The fourth-order valence-corrected chi connectivity index (χ4v) is 1.27. The second kappa shape index (κ2) is 5.74. The molecule has 0 atom stereocenters. The molecule has 1 aromatic carbocycles. The van der Waals surface area contributed by atoms with E-state index >= 15 is 0 Å². The molecule has 0 aliphatic rings. The van der Waals surface area contributed by atoms with Crippen molar-refractivity contribution in [1.82, 2.24) is 5.32 Å². The highest BCUT2D eigenvalue weighted by molar-refractivity contribution is 5.82. The van der Waals surface area contributed by atoms with E-state index in [0.29, 0.717) is 11.3 Å². The number of carbonyl (C=O) groups is 2. The Morgan fingerprint density at radius 1 is 1.41 bits per heavy atom. The lowest BCUT2D eigenvalue weighted by Gasteiger charge is -2.06. The maximum absolute atomic E-state index is 11.3. The highest BCUT2D eigenvalue weighted by Gasteiger charge is 2.07. The molecular weight excluding hydrogens is 226 g/mol. The highest BCUT2D eigenvalue weighted by atomic mass is 16.5. The molecule has 92 valence electrons. The Labute approximate surface area is 97.8 Å². The van der Waals surface area contributed by atoms with E-state index in [0.717, 1.165) is 0 Å². The van der Waals surface area contributed by atoms with Gasteiger partial charge in [0.05, 0.1) is 13.5 Å². The first-order valence-corrected chi connectivity index (χ1v) is 4.87. The quantitative estimate of drug-likeness (QED) is 0.679. The number of phenolic OH excluding ortho intramolecular Hbond substituents is 1. The molecule has 1 aromatic rings. The van der Waals surface area contributed by atoms with Gasteiger partial charge in [-0.1, -0.05) is 6.07 Å². The van der Waals surface area contributed by atoms with Crippen molar-refractivity contribution in [2.45, 2.75) is 6.42 Å². The number of amides is 1. The summed E-state index contributed by atoms with van der Waals surface area (Å²) >= 11 is 0. The minimum atomic E-state index is -1.10. The number of ether oxygens (including phenoxy) is 1. The monoisotopic (exact) mass is 239 g/mol. The van der Waals surface area contributed by atoms with Crippen LogP contribution in [0, 0.1) is 0 Å². The molecule has 3 N–H and O–H groups in total. The predicted molar refractivity (Wildman–Crippen MR) is 59.0 cm³/mol. The van der Waals surface area contributed by atoms with Crippen LogP contribution in [0.2, 0.25) is 0 Å². The first-order valence-electron chi connectivity index (χ1n) is 4.87. The number of aromatic hydroxyl groups is 1. The lowest BCUT2D eigenvalue weighted by Crippen LogP contribution is -2.30. The van der Waals surface area contributed by atoms with Gasteiger partial charge in [0.25, 0.3) is 0 Å². The van der Waals surface area contributed by atoms with E-state index in [9.17, 15) is 14.7 Å². The fourth-order valence-electron chi connectivity index (χ4n) is 1.27. The third-order valence-corrected chi connectivity index (χ3v) is 2.04. The summed E-state index contributed by atoms with van der Waals surface area (Å²) in [5.74, 6) is -1.26. The molecule has 1 amide bonds. The summed E-state index contributed by atoms with van der Waals surface area (Å²) in [4.78, 5) is 21.5. The number of aliphatic carboxylic acids is 1. The molecule has 0 aliphatic heterocycles. The van der Waals surface area contributed by atoms with Crippen LogP contribution in [0.3, 0.4) is 0 Å². The average molecular weight is 239 g/mol. The van der Waals surface area contributed by atoms with Gasteiger partial charge in [0, 0.05) is 0 Å². The van der Waals surface area contributed by atoms with E-state index in [1.165, 1.54) is 19.2 Å². The van der Waals surface area contributed by atoms with Gasteiger partial charge in [0.1, 0.15) is 6.54 Å². The number of hydrogen-bond acceptors (Lipinski definition) is 4. The summed E-state index contributed by atoms with van der Waals surface area (Å²) in [6, 6.07) is 4.56. The number of carboxylic acid groups (broad SMARTS) is 1. The van der Waals surface area contributed by atoms with Crippen LogP contribution in [0.4, 0.5) is 0 Å². The number of carbonyl (C=O) groups excluding carboxylic acids is 1. The van der Waals surface area contributed by atoms with Crippen molar-refractivity contribution in [3.8, 4) is 11.5 Å². The molecule has 0 heterocycles. The number of hydrogen-bond donors (Lipinski definition) is 3. The van der Waals surface area contributed by atoms with Crippen LogP contribution in [0.15, 0.2) is 18.2 Å². The summed E-state index contributed by atoms with van der Waals surface area (Å²) in [6.45, 7) is -0.416. The van der Waals surface area contributed by atoms with Gasteiger partial charge in [0.15, 0.2) is 11.5 Å². The van der Waals surface area contributed by atoms with Crippen LogP contribution in [-0.4, -0.2) is 35.7 Å². The Morgan fingerprint density at radius 3 is 2.65 bits per heavy atom. The van der Waals surface area contributed by atoms with Gasteiger partial charge in [-0.25, -0.2) is 0 Å². The van der Waals surface area contributed by atoms with Crippen LogP contribution in [0.25, 0.3) is 0 Å². The topological polar surface area (TPSA) is 95.9 Å². The Balaban J connectivity index is 2.60. The summed E-state index contributed by atoms with van der Waals surface area (Å²) in [5, 5.41) is 20.1. The number of phenols is 1. The lowest BCUT2D eigenvalue weighted by molar-refractivity contribution is -0.137. The molecule has 0 radical (unpaired) electrons. The SMILES string of the molecule is COc1ccc(CC(=O)NCC(=O)O)cc1O. The number of nitrogens with one attached hydrogen (secondary N) is 1. The van der Waals surface area contributed by atoms with Gasteiger partial charge < -0.3 is 20.3 Å². The highest BCUT2D eigenvalue weighted by Crippen LogP contribution is 2.26. The molecule has 0 saturated carbocycles. The minimum absolute atomic E-state index is 0.00480. The minimum Gasteiger partial charge on any atom is -0.504 e. The van der Waals surface area contributed by atoms with E-state index in [-0.39, 0.29) is 12.2 Å². The largest absolute Gasteiger partial charge is 0.504 e. The second-order valence-electron chi connectivity index (χ2n) is 3.35. The Hall–Kier alpha value is -2.24. The van der Waals surface area contributed by atoms with E-state index in [2.05, 4.69) is 5.32 Å². The smallest absolute Gasteiger partial charge is 0.322 e. The number of carboxylic acids is 1. The van der Waals surface area contributed by atoms with Gasteiger partial charge >= 0.3 is 5.97 Å². The summed E-state index contributed by atoms with van der Waals surface area (Å²) in [7, 11) is 1.42. The summed E-state index contributed by atoms with van der Waals surface area (Å²) < 4.78 is 4.86. The molecule has 6 nitrogen and oxygen atoms in total. The zero-order chi connectivity index (χ0) is 12.8. The number of benzene rings is 1. The normalized spacial score (nSPS) is 9.71. The van der Waals surface area contributed by atoms with Crippen molar-refractivity contribution in [3.05, 3.63) is 23.8 Å². The fraction of sp³-hybridized carbons (Fsp3) is 0.273. The van der Waals surface area contributed by atoms with E-state index in [1.807, 2.05) is 0 Å². The van der Waals surface area contributed by atoms with Crippen molar-refractivity contribution in [2.24, 2.45) is 0 Å². The molecule has 0 aliphatic carbocycles. The van der Waals surface area contributed by atoms with Crippen molar-refractivity contribution in [1.29, 1.82) is 0 Å². The number of methoxy groups -OCH3 is 1. The van der Waals surface area contributed by atoms with Crippen LogP contribution >= 0.6 is 0 Å². The Kier molecular flexibility index (Phi) is 4.33. The Bertz CT molecular complexity index is 430. The van der Waals surface area contributed by atoms with Crippen LogP contribution < -0.4 is 10.1 Å². The molecule has 0 saturated heterocycles.